The zero-order chi connectivity index (χ0) is 17.1. The zero-order valence-corrected chi connectivity index (χ0v) is 14.5. The van der Waals surface area contributed by atoms with Crippen molar-refractivity contribution in [2.45, 2.75) is 33.8 Å². The molecular weight excluding hydrogens is 304 g/mol. The molecule has 1 amide bonds. The van der Waals surface area contributed by atoms with Gasteiger partial charge in [0.25, 0.3) is 5.91 Å². The number of fused-ring (bicyclic) bond motifs is 1. The van der Waals surface area contributed by atoms with Crippen molar-refractivity contribution in [2.24, 2.45) is 0 Å². The Morgan fingerprint density at radius 1 is 1.38 bits per heavy atom. The maximum absolute atomic E-state index is 12.6. The van der Waals surface area contributed by atoms with Gasteiger partial charge in [-0.2, -0.15) is 5.10 Å². The van der Waals surface area contributed by atoms with Crippen LogP contribution in [0.2, 0.25) is 0 Å². The van der Waals surface area contributed by atoms with Gasteiger partial charge in [-0.1, -0.05) is 0 Å². The summed E-state index contributed by atoms with van der Waals surface area (Å²) in [6.45, 7) is 9.30. The largest absolute Gasteiger partial charge is 0.376 e. The van der Waals surface area contributed by atoms with Crippen LogP contribution in [0.5, 0.6) is 0 Å². The Morgan fingerprint density at radius 2 is 2.17 bits per heavy atom. The number of ether oxygens (including phenoxy) is 1. The molecule has 0 spiro atoms. The van der Waals surface area contributed by atoms with Crippen molar-refractivity contribution in [3.63, 3.8) is 0 Å². The van der Waals surface area contributed by atoms with E-state index in [4.69, 9.17) is 4.74 Å². The van der Waals surface area contributed by atoms with Crippen molar-refractivity contribution >= 4 is 17.3 Å². The molecule has 2 heterocycles. The SMILES string of the molecule is CCN(CC)c1ccc(NC(=O)c2n[nH]c3c2COCC3)c(C)c1. The normalized spacial score (nSPS) is 13.5. The molecule has 2 aromatic rings. The Balaban J connectivity index is 1.78. The van der Waals surface area contributed by atoms with Crippen molar-refractivity contribution in [1.29, 1.82) is 0 Å². The van der Waals surface area contributed by atoms with Gasteiger partial charge in [0.15, 0.2) is 5.69 Å². The lowest BCUT2D eigenvalue weighted by atomic mass is 10.1. The minimum atomic E-state index is -0.198. The van der Waals surface area contributed by atoms with Gasteiger partial charge in [0.05, 0.1) is 13.2 Å². The molecule has 0 saturated heterocycles. The number of carbonyl (C=O) groups is 1. The van der Waals surface area contributed by atoms with E-state index < -0.39 is 0 Å². The van der Waals surface area contributed by atoms with E-state index in [0.29, 0.717) is 18.9 Å². The average Bonchev–Trinajstić information content (AvgIpc) is 3.02. The fourth-order valence-corrected chi connectivity index (χ4v) is 3.05. The number of hydrogen-bond acceptors (Lipinski definition) is 4. The van der Waals surface area contributed by atoms with E-state index in [-0.39, 0.29) is 5.91 Å². The fraction of sp³-hybridized carbons (Fsp3) is 0.444. The van der Waals surface area contributed by atoms with Crippen LogP contribution in [-0.4, -0.2) is 35.8 Å². The van der Waals surface area contributed by atoms with Crippen molar-refractivity contribution in [2.75, 3.05) is 29.9 Å². The molecule has 1 aliphatic heterocycles. The predicted molar refractivity (Wildman–Crippen MR) is 94.6 cm³/mol. The van der Waals surface area contributed by atoms with Gasteiger partial charge in [-0.05, 0) is 44.5 Å². The van der Waals surface area contributed by atoms with E-state index >= 15 is 0 Å². The van der Waals surface area contributed by atoms with Crippen LogP contribution in [0.1, 0.15) is 41.2 Å². The number of benzene rings is 1. The summed E-state index contributed by atoms with van der Waals surface area (Å²) in [7, 11) is 0. The first-order chi connectivity index (χ1) is 11.6. The molecule has 0 bridgehead atoms. The van der Waals surface area contributed by atoms with Crippen LogP contribution < -0.4 is 10.2 Å². The first-order valence-corrected chi connectivity index (χ1v) is 8.44. The van der Waals surface area contributed by atoms with Gasteiger partial charge in [-0.25, -0.2) is 0 Å². The van der Waals surface area contributed by atoms with Gasteiger partial charge >= 0.3 is 0 Å². The molecule has 1 aromatic heterocycles. The second-order valence-electron chi connectivity index (χ2n) is 5.96. The van der Waals surface area contributed by atoms with Gasteiger partial charge in [-0.3, -0.25) is 9.89 Å². The molecule has 6 nitrogen and oxygen atoms in total. The minimum Gasteiger partial charge on any atom is -0.376 e. The summed E-state index contributed by atoms with van der Waals surface area (Å²) >= 11 is 0. The molecule has 24 heavy (non-hydrogen) atoms. The topological polar surface area (TPSA) is 70.2 Å². The third kappa shape index (κ3) is 3.14. The molecule has 1 aromatic carbocycles. The van der Waals surface area contributed by atoms with Crippen molar-refractivity contribution in [1.82, 2.24) is 10.2 Å². The van der Waals surface area contributed by atoms with E-state index in [1.165, 1.54) is 5.69 Å². The Hall–Kier alpha value is -2.34. The molecule has 3 rings (SSSR count). The number of carbonyl (C=O) groups excluding carboxylic acids is 1. The van der Waals surface area contributed by atoms with Crippen LogP contribution in [0.4, 0.5) is 11.4 Å². The molecule has 0 aliphatic carbocycles. The Morgan fingerprint density at radius 3 is 2.88 bits per heavy atom. The molecule has 6 heteroatoms. The van der Waals surface area contributed by atoms with E-state index in [1.54, 1.807) is 0 Å². The number of nitrogens with zero attached hydrogens (tertiary/aromatic N) is 2. The zero-order valence-electron chi connectivity index (χ0n) is 14.5. The quantitative estimate of drug-likeness (QED) is 0.885. The molecule has 0 unspecified atom stereocenters. The number of H-pyrrole nitrogens is 1. The second kappa shape index (κ2) is 7.05. The van der Waals surface area contributed by atoms with Crippen LogP contribution in [0.25, 0.3) is 0 Å². The molecule has 128 valence electrons. The third-order valence-corrected chi connectivity index (χ3v) is 4.50. The minimum absolute atomic E-state index is 0.198. The summed E-state index contributed by atoms with van der Waals surface area (Å²) in [4.78, 5) is 14.8. The molecule has 1 aliphatic rings. The van der Waals surface area contributed by atoms with Crippen molar-refractivity contribution in [3.8, 4) is 0 Å². The Kier molecular flexibility index (Phi) is 4.85. The Bertz CT molecular complexity index is 735. The van der Waals surface area contributed by atoms with Gasteiger partial charge in [0.2, 0.25) is 0 Å². The number of aromatic amines is 1. The van der Waals surface area contributed by atoms with Gasteiger partial charge in [-0.15, -0.1) is 0 Å². The lowest BCUT2D eigenvalue weighted by Crippen LogP contribution is -2.22. The van der Waals surface area contributed by atoms with E-state index in [9.17, 15) is 4.79 Å². The fourth-order valence-electron chi connectivity index (χ4n) is 3.05. The van der Waals surface area contributed by atoms with Crippen molar-refractivity contribution < 1.29 is 9.53 Å². The highest BCUT2D eigenvalue weighted by Crippen LogP contribution is 2.24. The number of aromatic nitrogens is 2. The summed E-state index contributed by atoms with van der Waals surface area (Å²) in [5, 5.41) is 10.1. The first-order valence-electron chi connectivity index (χ1n) is 8.44. The van der Waals surface area contributed by atoms with E-state index in [1.807, 2.05) is 19.1 Å². The number of nitrogens with one attached hydrogen (secondary N) is 2. The standard InChI is InChI=1S/C18H24N4O2/c1-4-22(5-2)13-6-7-15(12(3)10-13)19-18(23)17-14-11-24-9-8-16(14)20-21-17/h6-7,10H,4-5,8-9,11H2,1-3H3,(H,19,23)(H,20,21). The summed E-state index contributed by atoms with van der Waals surface area (Å²) < 4.78 is 5.44. The summed E-state index contributed by atoms with van der Waals surface area (Å²) in [6.07, 6.45) is 0.771. The first kappa shape index (κ1) is 16.5. The van der Waals surface area contributed by atoms with Crippen LogP contribution in [0.3, 0.4) is 0 Å². The van der Waals surface area contributed by atoms with Gasteiger partial charge in [0, 0.05) is 42.1 Å². The van der Waals surface area contributed by atoms with Crippen molar-refractivity contribution in [3.05, 3.63) is 40.7 Å². The second-order valence-corrected chi connectivity index (χ2v) is 5.96. The molecule has 2 N–H and O–H groups in total. The summed E-state index contributed by atoms with van der Waals surface area (Å²) in [5.74, 6) is -0.198. The molecule has 0 atom stereocenters. The van der Waals surface area contributed by atoms with Gasteiger partial charge in [0.1, 0.15) is 0 Å². The highest BCUT2D eigenvalue weighted by atomic mass is 16.5. The lowest BCUT2D eigenvalue weighted by molar-refractivity contribution is 0.0985. The van der Waals surface area contributed by atoms with E-state index in [2.05, 4.69) is 40.3 Å². The molecule has 0 saturated carbocycles. The van der Waals surface area contributed by atoms with Crippen LogP contribution in [-0.2, 0) is 17.8 Å². The molecule has 0 radical (unpaired) electrons. The number of amides is 1. The number of rotatable bonds is 5. The summed E-state index contributed by atoms with van der Waals surface area (Å²) in [5.41, 5.74) is 5.31. The average molecular weight is 328 g/mol. The highest BCUT2D eigenvalue weighted by Gasteiger charge is 2.22. The van der Waals surface area contributed by atoms with Crippen LogP contribution in [0.15, 0.2) is 18.2 Å². The number of hydrogen-bond donors (Lipinski definition) is 2. The summed E-state index contributed by atoms with van der Waals surface area (Å²) in [6, 6.07) is 6.10. The monoisotopic (exact) mass is 328 g/mol. The third-order valence-electron chi connectivity index (χ3n) is 4.50. The smallest absolute Gasteiger partial charge is 0.276 e. The molecule has 0 fully saturated rings. The highest BCUT2D eigenvalue weighted by molar-refractivity contribution is 6.04. The Labute approximate surface area is 142 Å². The molecular formula is C18H24N4O2. The number of aryl methyl sites for hydroxylation is 1. The van der Waals surface area contributed by atoms with Crippen LogP contribution >= 0.6 is 0 Å². The van der Waals surface area contributed by atoms with E-state index in [0.717, 1.165) is 42.0 Å². The maximum atomic E-state index is 12.6. The lowest BCUT2D eigenvalue weighted by Gasteiger charge is -2.22. The predicted octanol–water partition coefficient (Wildman–Crippen LogP) is 2.89. The van der Waals surface area contributed by atoms with Crippen LogP contribution in [0, 0.1) is 6.92 Å². The maximum Gasteiger partial charge on any atom is 0.276 e. The number of anilines is 2. The van der Waals surface area contributed by atoms with Gasteiger partial charge < -0.3 is 15.0 Å².